The number of aromatic nitrogens is 1. The molecule has 0 unspecified atom stereocenters. The summed E-state index contributed by atoms with van der Waals surface area (Å²) in [6, 6.07) is 8.07. The van der Waals surface area contributed by atoms with Crippen LogP contribution in [0, 0.1) is 34.9 Å². The lowest BCUT2D eigenvalue weighted by molar-refractivity contribution is -0.127. The van der Waals surface area contributed by atoms with Gasteiger partial charge in [0.15, 0.2) is 5.78 Å². The van der Waals surface area contributed by atoms with Crippen molar-refractivity contribution in [1.82, 2.24) is 9.88 Å². The second-order valence-corrected chi connectivity index (χ2v) is 8.54. The number of benzene rings is 1. The molecule has 1 spiro atoms. The molecule has 6 heteroatoms. The number of ketones is 1. The number of fused-ring (bicyclic) bond motifs is 1. The summed E-state index contributed by atoms with van der Waals surface area (Å²) in [6.07, 6.45) is 2.36. The molecule has 5 nitrogen and oxygen atoms in total. The first-order valence-electron chi connectivity index (χ1n) is 9.18. The average Bonchev–Trinajstić information content (AvgIpc) is 2.60. The zero-order valence-corrected chi connectivity index (χ0v) is 16.0. The van der Waals surface area contributed by atoms with Crippen LogP contribution in [0.25, 0.3) is 10.9 Å². The standard InChI is InChI=1S/C22H20FN3O2/c1-13-17(6-14-4-5-16(23)7-18(14)25-13)20(28)26-11-22(12-26)8-15(9-24)19(27)21(2,3)10-22/h4-8H,10-12H2,1-3H3. The van der Waals surface area contributed by atoms with Crippen LogP contribution in [0.15, 0.2) is 35.9 Å². The van der Waals surface area contributed by atoms with E-state index in [4.69, 9.17) is 0 Å². The van der Waals surface area contributed by atoms with E-state index in [-0.39, 0.29) is 28.5 Å². The Balaban J connectivity index is 1.61. The maximum atomic E-state index is 13.4. The summed E-state index contributed by atoms with van der Waals surface area (Å²) in [6.45, 7) is 6.37. The van der Waals surface area contributed by atoms with Crippen molar-refractivity contribution < 1.29 is 14.0 Å². The highest BCUT2D eigenvalue weighted by Gasteiger charge is 2.52. The Morgan fingerprint density at radius 1 is 1.29 bits per heavy atom. The number of nitriles is 1. The Morgan fingerprint density at radius 3 is 2.68 bits per heavy atom. The Bertz CT molecular complexity index is 1100. The molecule has 0 radical (unpaired) electrons. The predicted molar refractivity (Wildman–Crippen MR) is 102 cm³/mol. The van der Waals surface area contributed by atoms with Crippen LogP contribution in [0.2, 0.25) is 0 Å². The van der Waals surface area contributed by atoms with Gasteiger partial charge in [-0.1, -0.05) is 19.9 Å². The third-order valence-corrected chi connectivity index (χ3v) is 5.72. The molecule has 1 aliphatic carbocycles. The van der Waals surface area contributed by atoms with Crippen molar-refractivity contribution in [3.8, 4) is 6.07 Å². The third-order valence-electron chi connectivity index (χ3n) is 5.72. The van der Waals surface area contributed by atoms with E-state index in [9.17, 15) is 19.2 Å². The van der Waals surface area contributed by atoms with Gasteiger partial charge in [0.1, 0.15) is 11.9 Å². The van der Waals surface area contributed by atoms with E-state index in [1.54, 1.807) is 30.0 Å². The molecule has 1 aliphatic heterocycles. The zero-order chi connectivity index (χ0) is 20.3. The van der Waals surface area contributed by atoms with Gasteiger partial charge in [-0.25, -0.2) is 4.39 Å². The summed E-state index contributed by atoms with van der Waals surface area (Å²) < 4.78 is 13.4. The van der Waals surface area contributed by atoms with Crippen LogP contribution in [-0.2, 0) is 4.79 Å². The van der Waals surface area contributed by atoms with E-state index in [1.165, 1.54) is 12.1 Å². The van der Waals surface area contributed by atoms with E-state index < -0.39 is 5.41 Å². The summed E-state index contributed by atoms with van der Waals surface area (Å²) in [7, 11) is 0. The molecule has 142 valence electrons. The maximum absolute atomic E-state index is 13.4. The average molecular weight is 377 g/mol. The van der Waals surface area contributed by atoms with Crippen molar-refractivity contribution in [1.29, 1.82) is 5.26 Å². The van der Waals surface area contributed by atoms with Crippen LogP contribution in [0.1, 0.15) is 36.3 Å². The Hall–Kier alpha value is -3.07. The molecule has 1 fully saturated rings. The lowest BCUT2D eigenvalue weighted by Crippen LogP contribution is -2.61. The summed E-state index contributed by atoms with van der Waals surface area (Å²) in [5, 5.41) is 10.0. The molecular formula is C22H20FN3O2. The van der Waals surface area contributed by atoms with Gasteiger partial charge in [-0.3, -0.25) is 14.6 Å². The number of allylic oxidation sites excluding steroid dienone is 1. The molecule has 1 saturated heterocycles. The molecule has 4 rings (SSSR count). The summed E-state index contributed by atoms with van der Waals surface area (Å²) in [4.78, 5) is 31.4. The van der Waals surface area contributed by atoms with Crippen molar-refractivity contribution in [2.75, 3.05) is 13.1 Å². The topological polar surface area (TPSA) is 74.1 Å². The van der Waals surface area contributed by atoms with E-state index in [0.717, 1.165) is 0 Å². The van der Waals surface area contributed by atoms with Gasteiger partial charge >= 0.3 is 0 Å². The van der Waals surface area contributed by atoms with Gasteiger partial charge in [0.2, 0.25) is 0 Å². The minimum atomic E-state index is -0.612. The first-order valence-corrected chi connectivity index (χ1v) is 9.18. The normalized spacial score (nSPS) is 19.9. The first kappa shape index (κ1) is 18.3. The van der Waals surface area contributed by atoms with Crippen molar-refractivity contribution in [2.45, 2.75) is 27.2 Å². The summed E-state index contributed by atoms with van der Waals surface area (Å²) >= 11 is 0. The lowest BCUT2D eigenvalue weighted by Gasteiger charge is -2.53. The van der Waals surface area contributed by atoms with Crippen molar-refractivity contribution in [3.63, 3.8) is 0 Å². The fraction of sp³-hybridized carbons (Fsp3) is 0.364. The molecule has 0 bridgehead atoms. The number of carbonyl (C=O) groups is 2. The van der Waals surface area contributed by atoms with Gasteiger partial charge in [0, 0.05) is 35.4 Å². The van der Waals surface area contributed by atoms with E-state index in [0.29, 0.717) is 41.7 Å². The maximum Gasteiger partial charge on any atom is 0.255 e. The molecule has 1 amide bonds. The van der Waals surface area contributed by atoms with Crippen LogP contribution in [0.4, 0.5) is 4.39 Å². The molecule has 0 N–H and O–H groups in total. The van der Waals surface area contributed by atoms with Crippen LogP contribution in [-0.4, -0.2) is 34.7 Å². The molecule has 0 saturated carbocycles. The minimum absolute atomic E-state index is 0.132. The second-order valence-electron chi connectivity index (χ2n) is 8.54. The molecule has 2 aliphatic rings. The molecule has 2 aromatic rings. The largest absolute Gasteiger partial charge is 0.337 e. The van der Waals surface area contributed by atoms with Crippen molar-refractivity contribution in [2.24, 2.45) is 10.8 Å². The van der Waals surface area contributed by atoms with Crippen LogP contribution in [0.5, 0.6) is 0 Å². The highest BCUT2D eigenvalue weighted by molar-refractivity contribution is 6.04. The SMILES string of the molecule is Cc1nc2cc(F)ccc2cc1C(=O)N1CC2(C=C(C#N)C(=O)C(C)(C)C2)C1. The fourth-order valence-electron chi connectivity index (χ4n) is 4.51. The molecular weight excluding hydrogens is 357 g/mol. The number of halogens is 1. The molecule has 1 aromatic heterocycles. The molecule has 28 heavy (non-hydrogen) atoms. The number of aryl methyl sites for hydroxylation is 1. The summed E-state index contributed by atoms with van der Waals surface area (Å²) in [5.41, 5.74) is 0.803. The fourth-order valence-corrected chi connectivity index (χ4v) is 4.51. The Morgan fingerprint density at radius 2 is 2.00 bits per heavy atom. The number of hydrogen-bond donors (Lipinski definition) is 0. The molecule has 2 heterocycles. The van der Waals surface area contributed by atoms with Crippen LogP contribution >= 0.6 is 0 Å². The predicted octanol–water partition coefficient (Wildman–Crippen LogP) is 3.57. The number of pyridine rings is 1. The summed E-state index contributed by atoms with van der Waals surface area (Å²) in [5.74, 6) is -0.631. The van der Waals surface area contributed by atoms with E-state index in [1.807, 2.05) is 19.9 Å². The zero-order valence-electron chi connectivity index (χ0n) is 16.0. The van der Waals surface area contributed by atoms with Crippen molar-refractivity contribution >= 4 is 22.6 Å². The molecule has 1 aromatic carbocycles. The first-order chi connectivity index (χ1) is 13.1. The van der Waals surface area contributed by atoms with Gasteiger partial charge < -0.3 is 4.90 Å². The minimum Gasteiger partial charge on any atom is -0.337 e. The smallest absolute Gasteiger partial charge is 0.255 e. The van der Waals surface area contributed by atoms with Gasteiger partial charge in [0.25, 0.3) is 5.91 Å². The number of carbonyl (C=O) groups excluding carboxylic acids is 2. The van der Waals surface area contributed by atoms with Gasteiger partial charge in [-0.15, -0.1) is 0 Å². The highest BCUT2D eigenvalue weighted by atomic mass is 19.1. The number of likely N-dealkylation sites (tertiary alicyclic amines) is 1. The van der Waals surface area contributed by atoms with E-state index >= 15 is 0 Å². The third kappa shape index (κ3) is 2.78. The Labute approximate surface area is 162 Å². The Kier molecular flexibility index (Phi) is 3.90. The van der Waals surface area contributed by atoms with Gasteiger partial charge in [-0.05, 0) is 31.5 Å². The van der Waals surface area contributed by atoms with E-state index in [2.05, 4.69) is 4.98 Å². The number of nitrogens with zero attached hydrogens (tertiary/aromatic N) is 3. The number of hydrogen-bond acceptors (Lipinski definition) is 4. The van der Waals surface area contributed by atoms with Gasteiger partial charge in [0.05, 0.1) is 22.3 Å². The van der Waals surface area contributed by atoms with Crippen molar-refractivity contribution in [3.05, 3.63) is 53.0 Å². The second kappa shape index (κ2) is 5.96. The highest BCUT2D eigenvalue weighted by Crippen LogP contribution is 2.48. The monoisotopic (exact) mass is 377 g/mol. The molecule has 0 atom stereocenters. The van der Waals surface area contributed by atoms with Crippen LogP contribution < -0.4 is 0 Å². The van der Waals surface area contributed by atoms with Crippen LogP contribution in [0.3, 0.4) is 0 Å². The number of amides is 1. The lowest BCUT2D eigenvalue weighted by atomic mass is 9.61. The number of Topliss-reactive ketones (excluding diaryl/α,β-unsaturated/α-hetero) is 1. The quantitative estimate of drug-likeness (QED) is 0.761. The van der Waals surface area contributed by atoms with Gasteiger partial charge in [-0.2, -0.15) is 5.26 Å². The number of rotatable bonds is 1.